The fourth-order valence-corrected chi connectivity index (χ4v) is 3.39. The lowest BCUT2D eigenvalue weighted by molar-refractivity contribution is -0.136. The number of carbonyl (C=O) groups excluding carboxylic acids is 1. The van der Waals surface area contributed by atoms with Crippen LogP contribution < -0.4 is 0 Å². The van der Waals surface area contributed by atoms with Gasteiger partial charge in [0.25, 0.3) is 0 Å². The molecule has 1 aromatic heterocycles. The van der Waals surface area contributed by atoms with E-state index in [1.54, 1.807) is 0 Å². The molecule has 0 saturated heterocycles. The Kier molecular flexibility index (Phi) is 4.05. The number of hydrogen-bond acceptors (Lipinski definition) is 2. The van der Waals surface area contributed by atoms with Crippen LogP contribution in [0.15, 0.2) is 59.8 Å². The molecule has 0 bridgehead atoms. The maximum Gasteiger partial charge on any atom is 0.341 e. The molecule has 0 spiro atoms. The van der Waals surface area contributed by atoms with Gasteiger partial charge >= 0.3 is 5.97 Å². The number of aromatic nitrogens is 1. The molecule has 3 aromatic rings. The highest BCUT2D eigenvalue weighted by molar-refractivity contribution is 5.97. The topological polar surface area (TPSA) is 42.1 Å². The summed E-state index contributed by atoms with van der Waals surface area (Å²) in [5, 5.41) is 1.16. The molecule has 2 aromatic carbocycles. The van der Waals surface area contributed by atoms with Gasteiger partial charge in [-0.3, -0.25) is 0 Å². The Hall–Kier alpha value is -3.03. The van der Waals surface area contributed by atoms with Gasteiger partial charge in [0.15, 0.2) is 0 Å². The first kappa shape index (κ1) is 17.4. The Morgan fingerprint density at radius 1 is 1.07 bits per heavy atom. The van der Waals surface area contributed by atoms with Gasteiger partial charge in [0.05, 0.1) is 12.7 Å². The fourth-order valence-electron chi connectivity index (χ4n) is 3.39. The van der Waals surface area contributed by atoms with Gasteiger partial charge in [-0.25, -0.2) is 4.79 Å². The van der Waals surface area contributed by atoms with Crippen molar-refractivity contribution in [2.45, 2.75) is 32.6 Å². The third kappa shape index (κ3) is 3.22. The summed E-state index contributed by atoms with van der Waals surface area (Å²) in [4.78, 5) is 15.0. The number of methoxy groups -OCH3 is 1. The molecule has 27 heavy (non-hydrogen) atoms. The van der Waals surface area contributed by atoms with E-state index < -0.39 is 0 Å². The van der Waals surface area contributed by atoms with Crippen LogP contribution in [0, 0.1) is 0 Å². The number of rotatable bonds is 3. The first-order valence-corrected chi connectivity index (χ1v) is 9.16. The zero-order valence-electron chi connectivity index (χ0n) is 16.1. The average molecular weight is 357 g/mol. The van der Waals surface area contributed by atoms with E-state index in [1.165, 1.54) is 18.2 Å². The van der Waals surface area contributed by atoms with E-state index in [4.69, 9.17) is 4.74 Å². The summed E-state index contributed by atoms with van der Waals surface area (Å²) in [6.07, 6.45) is 0.614. The Morgan fingerprint density at radius 2 is 1.85 bits per heavy atom. The van der Waals surface area contributed by atoms with Crippen LogP contribution >= 0.6 is 0 Å². The molecule has 0 amide bonds. The molecular formula is C24H23NO2. The standard InChI is InChI=1S/C24H23NO2/c1-24(2,3)20-7-5-6-16(13-20)22-14-18-10-15(8-9-21(18)25-22)17-11-19(12-17)23(26)27-4/h5-10,13-14,25H,11H2,1-4H3. The quantitative estimate of drug-likeness (QED) is 0.488. The van der Waals surface area contributed by atoms with E-state index in [2.05, 4.69) is 80.0 Å². The monoisotopic (exact) mass is 357 g/mol. The fraction of sp³-hybridized carbons (Fsp3) is 0.250. The summed E-state index contributed by atoms with van der Waals surface area (Å²) >= 11 is 0. The second kappa shape index (κ2) is 6.29. The second-order valence-electron chi connectivity index (χ2n) is 8.07. The lowest BCUT2D eigenvalue weighted by Crippen LogP contribution is -2.10. The Labute approximate surface area is 159 Å². The van der Waals surface area contributed by atoms with Crippen molar-refractivity contribution in [3.05, 3.63) is 71.0 Å². The molecule has 0 unspecified atom stereocenters. The maximum atomic E-state index is 11.5. The van der Waals surface area contributed by atoms with Crippen molar-refractivity contribution < 1.29 is 9.53 Å². The minimum absolute atomic E-state index is 0.121. The predicted molar refractivity (Wildman–Crippen MR) is 110 cm³/mol. The van der Waals surface area contributed by atoms with Crippen LogP contribution in [0.25, 0.3) is 27.7 Å². The van der Waals surface area contributed by atoms with Gasteiger partial charge in [-0.15, -0.1) is 5.73 Å². The van der Waals surface area contributed by atoms with Crippen LogP contribution in [0.2, 0.25) is 0 Å². The number of H-pyrrole nitrogens is 1. The third-order valence-corrected chi connectivity index (χ3v) is 5.10. The summed E-state index contributed by atoms with van der Waals surface area (Å²) in [5.41, 5.74) is 10.7. The number of carbonyl (C=O) groups is 1. The Balaban J connectivity index is 1.71. The van der Waals surface area contributed by atoms with Crippen molar-refractivity contribution in [2.75, 3.05) is 7.11 Å². The molecule has 1 heterocycles. The van der Waals surface area contributed by atoms with E-state index in [-0.39, 0.29) is 11.4 Å². The summed E-state index contributed by atoms with van der Waals surface area (Å²) in [7, 11) is 1.40. The zero-order valence-corrected chi connectivity index (χ0v) is 16.1. The van der Waals surface area contributed by atoms with Gasteiger partial charge in [0.1, 0.15) is 0 Å². The van der Waals surface area contributed by atoms with Gasteiger partial charge < -0.3 is 9.72 Å². The van der Waals surface area contributed by atoms with E-state index in [0.717, 1.165) is 27.7 Å². The largest absolute Gasteiger partial charge is 0.465 e. The van der Waals surface area contributed by atoms with Crippen LogP contribution in [-0.2, 0) is 14.9 Å². The molecule has 3 heteroatoms. The summed E-state index contributed by atoms with van der Waals surface area (Å²) in [6, 6.07) is 17.2. The molecule has 0 fully saturated rings. The van der Waals surface area contributed by atoms with Crippen LogP contribution in [0.4, 0.5) is 0 Å². The number of esters is 1. The number of benzene rings is 2. The molecule has 1 N–H and O–H groups in total. The van der Waals surface area contributed by atoms with Gasteiger partial charge in [0, 0.05) is 28.6 Å². The van der Waals surface area contributed by atoms with Gasteiger partial charge in [-0.2, -0.15) is 0 Å². The van der Waals surface area contributed by atoms with Crippen LogP contribution in [0.3, 0.4) is 0 Å². The molecule has 1 aliphatic carbocycles. The molecule has 136 valence electrons. The first-order valence-electron chi connectivity index (χ1n) is 9.16. The number of nitrogens with one attached hydrogen (secondary N) is 1. The molecular weight excluding hydrogens is 334 g/mol. The number of ether oxygens (including phenoxy) is 1. The highest BCUT2D eigenvalue weighted by atomic mass is 16.5. The summed E-state index contributed by atoms with van der Waals surface area (Å²) in [6.45, 7) is 6.68. The summed E-state index contributed by atoms with van der Waals surface area (Å²) in [5.74, 6) is -0.289. The van der Waals surface area contributed by atoms with Gasteiger partial charge in [-0.05, 0) is 46.4 Å². The zero-order chi connectivity index (χ0) is 19.2. The maximum absolute atomic E-state index is 11.5. The van der Waals surface area contributed by atoms with Crippen molar-refractivity contribution in [1.82, 2.24) is 4.98 Å². The second-order valence-corrected chi connectivity index (χ2v) is 8.07. The van der Waals surface area contributed by atoms with Crippen LogP contribution in [-0.4, -0.2) is 18.1 Å². The van der Waals surface area contributed by atoms with Gasteiger partial charge in [0.2, 0.25) is 0 Å². The predicted octanol–water partition coefficient (Wildman–Crippen LogP) is 5.62. The van der Waals surface area contributed by atoms with Crippen molar-refractivity contribution in [1.29, 1.82) is 0 Å². The third-order valence-electron chi connectivity index (χ3n) is 5.10. The highest BCUT2D eigenvalue weighted by Crippen LogP contribution is 2.33. The molecule has 0 saturated carbocycles. The Bertz CT molecular complexity index is 1120. The van der Waals surface area contributed by atoms with Crippen molar-refractivity contribution >= 4 is 22.4 Å². The minimum Gasteiger partial charge on any atom is -0.465 e. The van der Waals surface area contributed by atoms with E-state index in [1.807, 2.05) is 0 Å². The number of fused-ring (bicyclic) bond motifs is 1. The van der Waals surface area contributed by atoms with E-state index in [9.17, 15) is 4.79 Å². The highest BCUT2D eigenvalue weighted by Gasteiger charge is 2.20. The molecule has 3 nitrogen and oxygen atoms in total. The van der Waals surface area contributed by atoms with Crippen molar-refractivity contribution in [3.8, 4) is 11.3 Å². The molecule has 4 rings (SSSR count). The first-order chi connectivity index (χ1) is 12.8. The lowest BCUT2D eigenvalue weighted by Gasteiger charge is -2.19. The van der Waals surface area contributed by atoms with Crippen molar-refractivity contribution in [3.63, 3.8) is 0 Å². The normalized spacial score (nSPS) is 13.8. The summed E-state index contributed by atoms with van der Waals surface area (Å²) < 4.78 is 4.74. The van der Waals surface area contributed by atoms with Crippen LogP contribution in [0.1, 0.15) is 38.3 Å². The van der Waals surface area contributed by atoms with Crippen molar-refractivity contribution in [2.24, 2.45) is 0 Å². The minimum atomic E-state index is -0.289. The molecule has 0 radical (unpaired) electrons. The molecule has 0 atom stereocenters. The Morgan fingerprint density at radius 3 is 2.56 bits per heavy atom. The van der Waals surface area contributed by atoms with Gasteiger partial charge in [-0.1, -0.05) is 45.0 Å². The number of aromatic amines is 1. The van der Waals surface area contributed by atoms with Crippen LogP contribution in [0.5, 0.6) is 0 Å². The smallest absolute Gasteiger partial charge is 0.341 e. The lowest BCUT2D eigenvalue weighted by atomic mass is 9.86. The average Bonchev–Trinajstić information content (AvgIpc) is 3.03. The van der Waals surface area contributed by atoms with E-state index >= 15 is 0 Å². The van der Waals surface area contributed by atoms with E-state index in [0.29, 0.717) is 12.0 Å². The molecule has 1 aliphatic rings. The SMILES string of the molecule is COC(=O)C1=C=C(c2ccc3[nH]c(-c4cccc(C(C)(C)C)c4)cc3c2)C1. The number of hydrogen-bond donors (Lipinski definition) is 1. The molecule has 0 aliphatic heterocycles.